The molecule has 1 heterocycles. The summed E-state index contributed by atoms with van der Waals surface area (Å²) >= 11 is 0. The number of carbonyl (C=O) groups excluding carboxylic acids is 1. The third kappa shape index (κ3) is 3.16. The minimum atomic E-state index is -0.439. The van der Waals surface area contributed by atoms with E-state index in [0.717, 1.165) is 5.52 Å². The minimum absolute atomic E-state index is 0.204. The van der Waals surface area contributed by atoms with Gasteiger partial charge in [0.05, 0.1) is 5.52 Å². The van der Waals surface area contributed by atoms with Gasteiger partial charge in [0.25, 0.3) is 0 Å². The highest BCUT2D eigenvalue weighted by atomic mass is 16.6. The highest BCUT2D eigenvalue weighted by Crippen LogP contribution is 2.22. The molecule has 0 aliphatic carbocycles. The molecule has 2 aromatic rings. The molecule has 1 aromatic carbocycles. The standard InChI is InChI=1S/C16H21NO2/c1-11-8-12(2)15-13(9-11)6-7-17(15)10-14(18)19-16(3,4)5/h6-9H,10H2,1-5H3. The summed E-state index contributed by atoms with van der Waals surface area (Å²) in [7, 11) is 0. The van der Waals surface area contributed by atoms with Crippen LogP contribution < -0.4 is 0 Å². The fourth-order valence-corrected chi connectivity index (χ4v) is 2.40. The Bertz CT molecular complexity index is 617. The predicted molar refractivity (Wildman–Crippen MR) is 77.3 cm³/mol. The molecule has 0 saturated carbocycles. The van der Waals surface area contributed by atoms with Crippen molar-refractivity contribution < 1.29 is 9.53 Å². The lowest BCUT2D eigenvalue weighted by molar-refractivity contribution is -0.155. The number of esters is 1. The molecule has 3 heteroatoms. The lowest BCUT2D eigenvalue weighted by Crippen LogP contribution is -2.26. The molecule has 0 N–H and O–H groups in total. The van der Waals surface area contributed by atoms with Crippen LogP contribution in [0.3, 0.4) is 0 Å². The summed E-state index contributed by atoms with van der Waals surface area (Å²) in [6.45, 7) is 10.1. The second kappa shape index (κ2) is 4.72. The van der Waals surface area contributed by atoms with E-state index in [2.05, 4.69) is 26.0 Å². The zero-order valence-corrected chi connectivity index (χ0v) is 12.3. The van der Waals surface area contributed by atoms with E-state index in [-0.39, 0.29) is 12.5 Å². The molecule has 1 aromatic heterocycles. The molecule has 0 bridgehead atoms. The number of hydrogen-bond acceptors (Lipinski definition) is 2. The third-order valence-electron chi connectivity index (χ3n) is 2.92. The molecule has 0 aliphatic heterocycles. The van der Waals surface area contributed by atoms with Crippen LogP contribution in [-0.4, -0.2) is 16.1 Å². The molecule has 0 radical (unpaired) electrons. The van der Waals surface area contributed by atoms with Gasteiger partial charge in [-0.05, 0) is 52.3 Å². The zero-order valence-electron chi connectivity index (χ0n) is 12.3. The van der Waals surface area contributed by atoms with Crippen LogP contribution in [0.4, 0.5) is 0 Å². The van der Waals surface area contributed by atoms with Crippen molar-refractivity contribution in [3.63, 3.8) is 0 Å². The first-order valence-corrected chi connectivity index (χ1v) is 6.54. The monoisotopic (exact) mass is 259 g/mol. The number of carbonyl (C=O) groups is 1. The fraction of sp³-hybridized carbons (Fsp3) is 0.438. The third-order valence-corrected chi connectivity index (χ3v) is 2.92. The molecule has 0 saturated heterocycles. The van der Waals surface area contributed by atoms with Crippen LogP contribution in [0.5, 0.6) is 0 Å². The molecule has 3 nitrogen and oxygen atoms in total. The van der Waals surface area contributed by atoms with E-state index in [4.69, 9.17) is 4.74 Å². The van der Waals surface area contributed by atoms with E-state index in [1.54, 1.807) is 0 Å². The number of aryl methyl sites for hydroxylation is 2. The summed E-state index contributed by atoms with van der Waals surface area (Å²) in [5, 5.41) is 1.17. The summed E-state index contributed by atoms with van der Waals surface area (Å²) in [6, 6.07) is 6.31. The van der Waals surface area contributed by atoms with Gasteiger partial charge in [0.2, 0.25) is 0 Å². The molecule has 0 spiro atoms. The number of benzene rings is 1. The Morgan fingerprint density at radius 1 is 1.26 bits per heavy atom. The Kier molecular flexibility index (Phi) is 3.40. The van der Waals surface area contributed by atoms with Gasteiger partial charge in [-0.3, -0.25) is 4.79 Å². The molecular weight excluding hydrogens is 238 g/mol. The largest absolute Gasteiger partial charge is 0.459 e. The van der Waals surface area contributed by atoms with Gasteiger partial charge in [0.15, 0.2) is 0 Å². The average Bonchev–Trinajstić information content (AvgIpc) is 2.57. The lowest BCUT2D eigenvalue weighted by Gasteiger charge is -2.20. The van der Waals surface area contributed by atoms with Crippen LogP contribution in [-0.2, 0) is 16.1 Å². The summed E-state index contributed by atoms with van der Waals surface area (Å²) < 4.78 is 7.32. The van der Waals surface area contributed by atoms with Gasteiger partial charge in [-0.1, -0.05) is 11.6 Å². The molecule has 0 unspecified atom stereocenters. The SMILES string of the molecule is Cc1cc(C)c2c(ccn2CC(=O)OC(C)(C)C)c1. The van der Waals surface area contributed by atoms with Crippen LogP contribution in [0.25, 0.3) is 10.9 Å². The number of rotatable bonds is 2. The highest BCUT2D eigenvalue weighted by molar-refractivity contribution is 5.85. The Morgan fingerprint density at radius 3 is 2.58 bits per heavy atom. The average molecular weight is 259 g/mol. The predicted octanol–water partition coefficient (Wildman–Crippen LogP) is 3.60. The van der Waals surface area contributed by atoms with Gasteiger partial charge in [0, 0.05) is 11.6 Å². The normalized spacial score (nSPS) is 11.8. The molecular formula is C16H21NO2. The molecule has 19 heavy (non-hydrogen) atoms. The van der Waals surface area contributed by atoms with Crippen molar-refractivity contribution in [1.29, 1.82) is 0 Å². The van der Waals surface area contributed by atoms with Crippen molar-refractivity contribution >= 4 is 16.9 Å². The van der Waals surface area contributed by atoms with Crippen LogP contribution in [0.1, 0.15) is 31.9 Å². The number of hydrogen-bond donors (Lipinski definition) is 0. The van der Waals surface area contributed by atoms with E-state index >= 15 is 0 Å². The van der Waals surface area contributed by atoms with Crippen molar-refractivity contribution in [3.05, 3.63) is 35.5 Å². The topological polar surface area (TPSA) is 31.2 Å². The van der Waals surface area contributed by atoms with Crippen LogP contribution >= 0.6 is 0 Å². The second-order valence-electron chi connectivity index (χ2n) is 6.05. The first-order chi connectivity index (χ1) is 8.76. The Labute approximate surface area is 114 Å². The molecule has 102 valence electrons. The molecule has 0 atom stereocenters. The van der Waals surface area contributed by atoms with Crippen LogP contribution in [0.2, 0.25) is 0 Å². The number of nitrogens with zero attached hydrogens (tertiary/aromatic N) is 1. The zero-order chi connectivity index (χ0) is 14.2. The maximum atomic E-state index is 11.9. The molecule has 0 aliphatic rings. The van der Waals surface area contributed by atoms with E-state index in [9.17, 15) is 4.79 Å². The van der Waals surface area contributed by atoms with Crippen molar-refractivity contribution in [2.24, 2.45) is 0 Å². The van der Waals surface area contributed by atoms with E-state index in [0.29, 0.717) is 0 Å². The van der Waals surface area contributed by atoms with Crippen LogP contribution in [0, 0.1) is 13.8 Å². The maximum Gasteiger partial charge on any atom is 0.326 e. The molecule has 0 fully saturated rings. The number of fused-ring (bicyclic) bond motifs is 1. The molecule has 0 amide bonds. The van der Waals surface area contributed by atoms with Crippen molar-refractivity contribution in [2.45, 2.75) is 46.8 Å². The summed E-state index contributed by atoms with van der Waals surface area (Å²) in [6.07, 6.45) is 1.95. The fourth-order valence-electron chi connectivity index (χ4n) is 2.40. The molecule has 2 rings (SSSR count). The van der Waals surface area contributed by atoms with Gasteiger partial charge < -0.3 is 9.30 Å². The van der Waals surface area contributed by atoms with Gasteiger partial charge in [-0.25, -0.2) is 0 Å². The van der Waals surface area contributed by atoms with Crippen molar-refractivity contribution in [2.75, 3.05) is 0 Å². The van der Waals surface area contributed by atoms with Crippen molar-refractivity contribution in [3.8, 4) is 0 Å². The first kappa shape index (κ1) is 13.7. The van der Waals surface area contributed by atoms with E-state index in [1.807, 2.05) is 37.6 Å². The van der Waals surface area contributed by atoms with Gasteiger partial charge in [-0.2, -0.15) is 0 Å². The van der Waals surface area contributed by atoms with Gasteiger partial charge >= 0.3 is 5.97 Å². The van der Waals surface area contributed by atoms with E-state index in [1.165, 1.54) is 16.5 Å². The number of ether oxygens (including phenoxy) is 1. The van der Waals surface area contributed by atoms with Gasteiger partial charge in [-0.15, -0.1) is 0 Å². The van der Waals surface area contributed by atoms with Crippen molar-refractivity contribution in [1.82, 2.24) is 4.57 Å². The highest BCUT2D eigenvalue weighted by Gasteiger charge is 2.17. The summed E-state index contributed by atoms with van der Waals surface area (Å²) in [4.78, 5) is 11.9. The first-order valence-electron chi connectivity index (χ1n) is 6.54. The van der Waals surface area contributed by atoms with Crippen LogP contribution in [0.15, 0.2) is 24.4 Å². The Hall–Kier alpha value is -1.77. The number of aromatic nitrogens is 1. The quantitative estimate of drug-likeness (QED) is 0.772. The Balaban J connectivity index is 2.29. The summed E-state index contributed by atoms with van der Waals surface area (Å²) in [5.74, 6) is -0.204. The summed E-state index contributed by atoms with van der Waals surface area (Å²) in [5.41, 5.74) is 3.09. The minimum Gasteiger partial charge on any atom is -0.459 e. The smallest absolute Gasteiger partial charge is 0.326 e. The Morgan fingerprint density at radius 2 is 1.95 bits per heavy atom. The lowest BCUT2D eigenvalue weighted by atomic mass is 10.1. The second-order valence-corrected chi connectivity index (χ2v) is 6.05. The van der Waals surface area contributed by atoms with Gasteiger partial charge in [0.1, 0.15) is 12.1 Å². The van der Waals surface area contributed by atoms with E-state index < -0.39 is 5.60 Å². The maximum absolute atomic E-state index is 11.9.